The van der Waals surface area contributed by atoms with Gasteiger partial charge in [0.15, 0.2) is 5.13 Å². The normalized spacial score (nSPS) is 17.3. The fraction of sp³-hybridized carbons (Fsp3) is 0.375. The standard InChI is InChI=1S/C16H18ClN3OS.ClH/c17-13-5-1-3-11(7-13)8-14-10-19-16(22-14)20-15(21)12-4-2-6-18-9-12;/h1,3,5,7,10,12,18H,2,4,6,8-9H2,(H,19,20,21);1H. The Morgan fingerprint density at radius 2 is 2.35 bits per heavy atom. The predicted molar refractivity (Wildman–Crippen MR) is 97.8 cm³/mol. The summed E-state index contributed by atoms with van der Waals surface area (Å²) in [5.41, 5.74) is 1.14. The van der Waals surface area contributed by atoms with Gasteiger partial charge in [0.05, 0.1) is 5.92 Å². The van der Waals surface area contributed by atoms with Crippen LogP contribution in [0.15, 0.2) is 30.5 Å². The minimum Gasteiger partial charge on any atom is -0.316 e. The molecule has 0 aliphatic carbocycles. The van der Waals surface area contributed by atoms with Gasteiger partial charge < -0.3 is 10.6 Å². The van der Waals surface area contributed by atoms with E-state index < -0.39 is 0 Å². The Morgan fingerprint density at radius 1 is 1.48 bits per heavy atom. The van der Waals surface area contributed by atoms with Crippen LogP contribution in [0, 0.1) is 5.92 Å². The van der Waals surface area contributed by atoms with Gasteiger partial charge >= 0.3 is 0 Å². The van der Waals surface area contributed by atoms with E-state index in [9.17, 15) is 4.79 Å². The van der Waals surface area contributed by atoms with E-state index in [4.69, 9.17) is 11.6 Å². The van der Waals surface area contributed by atoms with E-state index in [1.165, 1.54) is 11.3 Å². The Labute approximate surface area is 151 Å². The van der Waals surface area contributed by atoms with Crippen LogP contribution in [0.5, 0.6) is 0 Å². The first-order chi connectivity index (χ1) is 10.7. The van der Waals surface area contributed by atoms with Gasteiger partial charge in [0.2, 0.25) is 5.91 Å². The van der Waals surface area contributed by atoms with Crippen LogP contribution in [-0.2, 0) is 11.2 Å². The third-order valence-electron chi connectivity index (χ3n) is 3.72. The van der Waals surface area contributed by atoms with E-state index in [1.807, 2.05) is 30.5 Å². The fourth-order valence-electron chi connectivity index (χ4n) is 2.58. The lowest BCUT2D eigenvalue weighted by atomic mass is 9.99. The monoisotopic (exact) mass is 371 g/mol. The molecule has 1 aliphatic rings. The van der Waals surface area contributed by atoms with Crippen LogP contribution < -0.4 is 10.6 Å². The fourth-order valence-corrected chi connectivity index (χ4v) is 3.64. The number of nitrogens with zero attached hydrogens (tertiary/aromatic N) is 1. The molecule has 124 valence electrons. The van der Waals surface area contributed by atoms with Crippen LogP contribution in [0.4, 0.5) is 5.13 Å². The number of piperidine rings is 1. The van der Waals surface area contributed by atoms with Crippen molar-refractivity contribution in [2.45, 2.75) is 19.3 Å². The molecule has 1 fully saturated rings. The zero-order valence-corrected chi connectivity index (χ0v) is 14.9. The van der Waals surface area contributed by atoms with Crippen molar-refractivity contribution in [2.75, 3.05) is 18.4 Å². The van der Waals surface area contributed by atoms with Crippen LogP contribution in [0.25, 0.3) is 0 Å². The number of thiazole rings is 1. The maximum Gasteiger partial charge on any atom is 0.230 e. The van der Waals surface area contributed by atoms with Gasteiger partial charge in [-0.25, -0.2) is 4.98 Å². The lowest BCUT2D eigenvalue weighted by Gasteiger charge is -2.21. The molecule has 2 heterocycles. The Hall–Kier alpha value is -1.14. The summed E-state index contributed by atoms with van der Waals surface area (Å²) in [4.78, 5) is 17.6. The molecule has 2 N–H and O–H groups in total. The molecule has 1 aromatic carbocycles. The van der Waals surface area contributed by atoms with Crippen LogP contribution in [0.1, 0.15) is 23.3 Å². The second-order valence-electron chi connectivity index (χ2n) is 5.47. The van der Waals surface area contributed by atoms with Gasteiger partial charge in [-0.3, -0.25) is 4.79 Å². The highest BCUT2D eigenvalue weighted by Gasteiger charge is 2.21. The molecule has 1 aliphatic heterocycles. The van der Waals surface area contributed by atoms with Crippen molar-refractivity contribution >= 4 is 46.4 Å². The average molecular weight is 372 g/mol. The summed E-state index contributed by atoms with van der Waals surface area (Å²) in [5, 5.41) is 7.60. The molecule has 2 aromatic rings. The third kappa shape index (κ3) is 5.18. The molecule has 23 heavy (non-hydrogen) atoms. The van der Waals surface area contributed by atoms with Crippen LogP contribution in [0.2, 0.25) is 5.02 Å². The summed E-state index contributed by atoms with van der Waals surface area (Å²) in [6.07, 6.45) is 4.59. The summed E-state index contributed by atoms with van der Waals surface area (Å²) >= 11 is 7.52. The van der Waals surface area contributed by atoms with E-state index in [-0.39, 0.29) is 24.2 Å². The lowest BCUT2D eigenvalue weighted by Crippen LogP contribution is -2.37. The predicted octanol–water partition coefficient (Wildman–Crippen LogP) is 3.75. The molecule has 1 saturated heterocycles. The number of nitrogens with one attached hydrogen (secondary N) is 2. The highest BCUT2D eigenvalue weighted by Crippen LogP contribution is 2.23. The number of benzene rings is 1. The molecule has 0 spiro atoms. The van der Waals surface area contributed by atoms with Crippen molar-refractivity contribution in [1.29, 1.82) is 0 Å². The number of rotatable bonds is 4. The number of hydrogen-bond donors (Lipinski definition) is 2. The maximum absolute atomic E-state index is 12.2. The Morgan fingerprint density at radius 3 is 3.09 bits per heavy atom. The Balaban J connectivity index is 0.00000192. The molecule has 1 unspecified atom stereocenters. The number of hydrogen-bond acceptors (Lipinski definition) is 4. The zero-order chi connectivity index (χ0) is 15.4. The minimum absolute atomic E-state index is 0. The molecule has 0 saturated carbocycles. The van der Waals surface area contributed by atoms with Gasteiger partial charge in [-0.15, -0.1) is 23.7 Å². The maximum atomic E-state index is 12.2. The van der Waals surface area contributed by atoms with Crippen LogP contribution >= 0.6 is 35.3 Å². The van der Waals surface area contributed by atoms with E-state index in [0.29, 0.717) is 5.13 Å². The Kier molecular flexibility index (Phi) is 6.84. The molecular formula is C16H19Cl2N3OS. The number of aromatic nitrogens is 1. The molecular weight excluding hydrogens is 353 g/mol. The highest BCUT2D eigenvalue weighted by atomic mass is 35.5. The summed E-state index contributed by atoms with van der Waals surface area (Å²) in [6.45, 7) is 1.76. The van der Waals surface area contributed by atoms with E-state index in [1.54, 1.807) is 0 Å². The molecule has 0 radical (unpaired) electrons. The van der Waals surface area contributed by atoms with Gasteiger partial charge in [-0.1, -0.05) is 23.7 Å². The molecule has 1 aromatic heterocycles. The lowest BCUT2D eigenvalue weighted by molar-refractivity contribution is -0.120. The van der Waals surface area contributed by atoms with Crippen molar-refractivity contribution in [3.05, 3.63) is 45.9 Å². The number of halogens is 2. The molecule has 0 bridgehead atoms. The average Bonchev–Trinajstić information content (AvgIpc) is 2.95. The van der Waals surface area contributed by atoms with Crippen LogP contribution in [0.3, 0.4) is 0 Å². The number of anilines is 1. The number of carbonyl (C=O) groups excluding carboxylic acids is 1. The molecule has 4 nitrogen and oxygen atoms in total. The largest absolute Gasteiger partial charge is 0.316 e. The van der Waals surface area contributed by atoms with Gasteiger partial charge in [-0.2, -0.15) is 0 Å². The first-order valence-electron chi connectivity index (χ1n) is 7.41. The summed E-state index contributed by atoms with van der Waals surface area (Å²) in [7, 11) is 0. The first kappa shape index (κ1) is 18.2. The van der Waals surface area contributed by atoms with Crippen molar-refractivity contribution < 1.29 is 4.79 Å². The number of carbonyl (C=O) groups is 1. The molecule has 3 rings (SSSR count). The second kappa shape index (κ2) is 8.64. The van der Waals surface area contributed by atoms with Crippen molar-refractivity contribution in [1.82, 2.24) is 10.3 Å². The van der Waals surface area contributed by atoms with Crippen molar-refractivity contribution in [3.8, 4) is 0 Å². The second-order valence-corrected chi connectivity index (χ2v) is 7.02. The minimum atomic E-state index is 0. The molecule has 7 heteroatoms. The number of amides is 1. The Bertz CT molecular complexity index is 656. The summed E-state index contributed by atoms with van der Waals surface area (Å²) in [6, 6.07) is 7.80. The third-order valence-corrected chi connectivity index (χ3v) is 4.87. The van der Waals surface area contributed by atoms with Crippen LogP contribution in [-0.4, -0.2) is 24.0 Å². The molecule has 1 atom stereocenters. The zero-order valence-electron chi connectivity index (χ0n) is 12.5. The van der Waals surface area contributed by atoms with Gasteiger partial charge in [0.1, 0.15) is 0 Å². The van der Waals surface area contributed by atoms with E-state index in [2.05, 4.69) is 15.6 Å². The van der Waals surface area contributed by atoms with E-state index >= 15 is 0 Å². The van der Waals surface area contributed by atoms with Crippen molar-refractivity contribution in [3.63, 3.8) is 0 Å². The SMILES string of the molecule is Cl.O=C(Nc1ncc(Cc2cccc(Cl)c2)s1)C1CCCNC1. The van der Waals surface area contributed by atoms with E-state index in [0.717, 1.165) is 47.8 Å². The van der Waals surface area contributed by atoms with Crippen molar-refractivity contribution in [2.24, 2.45) is 5.92 Å². The van der Waals surface area contributed by atoms with Gasteiger partial charge in [0, 0.05) is 29.1 Å². The smallest absolute Gasteiger partial charge is 0.230 e. The topological polar surface area (TPSA) is 54.0 Å². The summed E-state index contributed by atoms with van der Waals surface area (Å²) in [5.74, 6) is 0.116. The van der Waals surface area contributed by atoms with Gasteiger partial charge in [0.25, 0.3) is 0 Å². The highest BCUT2D eigenvalue weighted by molar-refractivity contribution is 7.15. The molecule has 1 amide bonds. The van der Waals surface area contributed by atoms with Gasteiger partial charge in [-0.05, 0) is 37.1 Å². The summed E-state index contributed by atoms with van der Waals surface area (Å²) < 4.78 is 0. The quantitative estimate of drug-likeness (QED) is 0.860. The first-order valence-corrected chi connectivity index (χ1v) is 8.61.